The molecule has 4 atom stereocenters. The average molecular weight is 481 g/mol. The molecule has 182 valence electrons. The van der Waals surface area contributed by atoms with E-state index in [0.29, 0.717) is 12.2 Å². The monoisotopic (exact) mass is 480 g/mol. The van der Waals surface area contributed by atoms with Crippen molar-refractivity contribution in [3.63, 3.8) is 0 Å². The van der Waals surface area contributed by atoms with Gasteiger partial charge in [-0.05, 0) is 52.3 Å². The van der Waals surface area contributed by atoms with Crippen LogP contribution in [0, 0.1) is 0 Å². The predicted molar refractivity (Wildman–Crippen MR) is 127 cm³/mol. The molecular weight excluding hydrogens is 447 g/mol. The first-order valence-corrected chi connectivity index (χ1v) is 12.0. The Kier molecular flexibility index (Phi) is 10.7. The lowest BCUT2D eigenvalue weighted by atomic mass is 10.3. The Bertz CT molecular complexity index is 927. The third-order valence-corrected chi connectivity index (χ3v) is 5.76. The molecule has 33 heavy (non-hydrogen) atoms. The summed E-state index contributed by atoms with van der Waals surface area (Å²) in [6.07, 6.45) is 1.02. The average Bonchev–Trinajstić information content (AvgIpc) is 2.76. The molecule has 0 saturated carbocycles. The van der Waals surface area contributed by atoms with Crippen LogP contribution in [0.5, 0.6) is 5.75 Å². The normalized spacial score (nSPS) is 15.0. The van der Waals surface area contributed by atoms with E-state index in [-0.39, 0.29) is 24.6 Å². The first-order chi connectivity index (χ1) is 15.7. The van der Waals surface area contributed by atoms with Crippen LogP contribution in [0.15, 0.2) is 47.4 Å². The van der Waals surface area contributed by atoms with Crippen molar-refractivity contribution in [2.45, 2.75) is 65.5 Å². The second kappa shape index (κ2) is 13.3. The second-order valence-electron chi connectivity index (χ2n) is 7.60. The number of carbonyl (C=O) groups excluding carboxylic acids is 1. The minimum absolute atomic E-state index is 0.152. The molecule has 2 aromatic rings. The molecule has 10 nitrogen and oxygen atoms in total. The number of nitrogen functional groups attached to an aromatic ring is 1. The molecule has 0 saturated heterocycles. The SMILES string of the molecule is CCC(CO[P@](NC(C)C(=O)OC(C)C)Oc1ccccc1)OC(C)n1ccc(N)nc1=O. The van der Waals surface area contributed by atoms with Gasteiger partial charge in [0, 0.05) is 6.20 Å². The van der Waals surface area contributed by atoms with Crippen LogP contribution in [0.1, 0.15) is 47.3 Å². The van der Waals surface area contributed by atoms with E-state index >= 15 is 0 Å². The molecule has 0 radical (unpaired) electrons. The van der Waals surface area contributed by atoms with Gasteiger partial charge in [-0.2, -0.15) is 4.98 Å². The summed E-state index contributed by atoms with van der Waals surface area (Å²) in [7, 11) is -1.69. The van der Waals surface area contributed by atoms with Gasteiger partial charge in [-0.25, -0.2) is 9.88 Å². The minimum atomic E-state index is -1.69. The lowest BCUT2D eigenvalue weighted by Crippen LogP contribution is -2.35. The summed E-state index contributed by atoms with van der Waals surface area (Å²) in [6.45, 7) is 9.13. The van der Waals surface area contributed by atoms with E-state index in [9.17, 15) is 9.59 Å². The Morgan fingerprint density at radius 2 is 1.88 bits per heavy atom. The van der Waals surface area contributed by atoms with Gasteiger partial charge in [0.05, 0.1) is 18.8 Å². The fourth-order valence-corrected chi connectivity index (χ4v) is 3.88. The molecule has 0 amide bonds. The van der Waals surface area contributed by atoms with Crippen molar-refractivity contribution in [1.82, 2.24) is 14.6 Å². The highest BCUT2D eigenvalue weighted by Gasteiger charge is 2.25. The van der Waals surface area contributed by atoms with Gasteiger partial charge < -0.3 is 24.3 Å². The molecule has 1 aromatic heterocycles. The number of esters is 1. The molecule has 2 rings (SSSR count). The molecule has 0 aliphatic rings. The number of nitrogens with zero attached hydrogens (tertiary/aromatic N) is 2. The molecule has 0 bridgehead atoms. The van der Waals surface area contributed by atoms with E-state index < -0.39 is 32.5 Å². The van der Waals surface area contributed by atoms with Crippen molar-refractivity contribution in [3.8, 4) is 5.75 Å². The van der Waals surface area contributed by atoms with E-state index in [1.807, 2.05) is 25.1 Å². The summed E-state index contributed by atoms with van der Waals surface area (Å²) < 4.78 is 24.5. The molecule has 3 unspecified atom stereocenters. The van der Waals surface area contributed by atoms with E-state index in [0.717, 1.165) is 0 Å². The Morgan fingerprint density at radius 1 is 1.18 bits per heavy atom. The molecule has 0 spiro atoms. The van der Waals surface area contributed by atoms with Crippen LogP contribution in [0.2, 0.25) is 0 Å². The Hall–Kier alpha value is -2.52. The number of rotatable bonds is 13. The Balaban J connectivity index is 2.03. The number of hydrogen-bond acceptors (Lipinski definition) is 9. The van der Waals surface area contributed by atoms with Crippen molar-refractivity contribution in [1.29, 1.82) is 0 Å². The van der Waals surface area contributed by atoms with Crippen molar-refractivity contribution in [2.75, 3.05) is 12.3 Å². The zero-order chi connectivity index (χ0) is 24.4. The molecule has 1 heterocycles. The lowest BCUT2D eigenvalue weighted by molar-refractivity contribution is -0.149. The van der Waals surface area contributed by atoms with Gasteiger partial charge in [0.1, 0.15) is 23.8 Å². The minimum Gasteiger partial charge on any atom is -0.462 e. The van der Waals surface area contributed by atoms with Gasteiger partial charge >= 0.3 is 20.2 Å². The van der Waals surface area contributed by atoms with Crippen molar-refractivity contribution in [2.24, 2.45) is 0 Å². The maximum atomic E-state index is 12.2. The van der Waals surface area contributed by atoms with Gasteiger partial charge in [0.2, 0.25) is 0 Å². The van der Waals surface area contributed by atoms with Gasteiger partial charge in [-0.3, -0.25) is 9.36 Å². The van der Waals surface area contributed by atoms with E-state index in [1.165, 1.54) is 16.8 Å². The predicted octanol–water partition coefficient (Wildman–Crippen LogP) is 3.39. The number of para-hydroxylation sites is 1. The first-order valence-electron chi connectivity index (χ1n) is 10.8. The Morgan fingerprint density at radius 3 is 2.48 bits per heavy atom. The molecule has 3 N–H and O–H groups in total. The summed E-state index contributed by atoms with van der Waals surface area (Å²) in [5.74, 6) is 0.353. The smallest absolute Gasteiger partial charge is 0.351 e. The van der Waals surface area contributed by atoms with Crippen LogP contribution >= 0.6 is 8.53 Å². The lowest BCUT2D eigenvalue weighted by Gasteiger charge is -2.26. The topological polar surface area (TPSA) is 127 Å². The van der Waals surface area contributed by atoms with Crippen molar-refractivity contribution in [3.05, 3.63) is 53.1 Å². The van der Waals surface area contributed by atoms with Crippen molar-refractivity contribution >= 4 is 20.3 Å². The van der Waals surface area contributed by atoms with E-state index in [4.69, 9.17) is 24.3 Å². The molecule has 11 heteroatoms. The molecular formula is C22H33N4O6P. The second-order valence-corrected chi connectivity index (χ2v) is 8.81. The maximum Gasteiger partial charge on any atom is 0.351 e. The van der Waals surface area contributed by atoms with E-state index in [1.54, 1.807) is 39.8 Å². The highest BCUT2D eigenvalue weighted by molar-refractivity contribution is 7.45. The van der Waals surface area contributed by atoms with Gasteiger partial charge in [-0.15, -0.1) is 0 Å². The number of benzene rings is 1. The zero-order valence-corrected chi connectivity index (χ0v) is 20.5. The zero-order valence-electron chi connectivity index (χ0n) is 19.6. The highest BCUT2D eigenvalue weighted by Crippen LogP contribution is 2.36. The quantitative estimate of drug-likeness (QED) is 0.328. The van der Waals surface area contributed by atoms with Crippen LogP contribution in [0.4, 0.5) is 5.82 Å². The van der Waals surface area contributed by atoms with E-state index in [2.05, 4.69) is 10.1 Å². The molecule has 0 aliphatic heterocycles. The van der Waals surface area contributed by atoms with Crippen LogP contribution in [0.3, 0.4) is 0 Å². The molecule has 1 aromatic carbocycles. The largest absolute Gasteiger partial charge is 0.462 e. The number of carbonyl (C=O) groups is 1. The number of ether oxygens (including phenoxy) is 2. The number of nitrogens with two attached hydrogens (primary N) is 1. The third kappa shape index (κ3) is 9.09. The fourth-order valence-electron chi connectivity index (χ4n) is 2.66. The van der Waals surface area contributed by atoms with Crippen molar-refractivity contribution < 1.29 is 23.3 Å². The number of anilines is 1. The van der Waals surface area contributed by atoms with Crippen LogP contribution < -0.4 is 21.0 Å². The highest BCUT2D eigenvalue weighted by atomic mass is 31.2. The van der Waals surface area contributed by atoms with Crippen LogP contribution in [0.25, 0.3) is 0 Å². The number of hydrogen-bond donors (Lipinski definition) is 2. The third-order valence-electron chi connectivity index (χ3n) is 4.40. The summed E-state index contributed by atoms with van der Waals surface area (Å²) in [4.78, 5) is 28.0. The maximum absolute atomic E-state index is 12.2. The van der Waals surface area contributed by atoms with Crippen LogP contribution in [-0.2, 0) is 18.8 Å². The number of aromatic nitrogens is 2. The van der Waals surface area contributed by atoms with Crippen LogP contribution in [-0.4, -0.2) is 40.4 Å². The summed E-state index contributed by atoms with van der Waals surface area (Å²) in [5.41, 5.74) is 5.06. The van der Waals surface area contributed by atoms with Gasteiger partial charge in [0.15, 0.2) is 0 Å². The van der Waals surface area contributed by atoms with Gasteiger partial charge in [0.25, 0.3) is 0 Å². The molecule has 0 fully saturated rings. The Labute approximate surface area is 195 Å². The molecule has 0 aliphatic carbocycles. The summed E-state index contributed by atoms with van der Waals surface area (Å²) in [6, 6.07) is 10.1. The number of nitrogens with one attached hydrogen (secondary N) is 1. The standard InChI is InChI=1S/C22H33N4O6P/c1-6-18(31-17(5)26-13-12-20(23)24-22(26)28)14-29-33(32-19-10-8-7-9-11-19)25-16(4)21(27)30-15(2)3/h7-13,15-18,25H,6,14H2,1-5H3,(H2,23,24,28)/t16?,17?,18?,33-/m0/s1. The first kappa shape index (κ1) is 26.7. The fraction of sp³-hybridized carbons (Fsp3) is 0.500. The summed E-state index contributed by atoms with van der Waals surface area (Å²) >= 11 is 0. The summed E-state index contributed by atoms with van der Waals surface area (Å²) in [5, 5.41) is 3.06. The van der Waals surface area contributed by atoms with Gasteiger partial charge in [-0.1, -0.05) is 25.1 Å².